The maximum Gasteiger partial charge on any atom is 0.225 e. The Bertz CT molecular complexity index is 393. The number of pyridine rings is 1. The molecule has 1 heterocycles. The number of nitrogens with one attached hydrogen (secondary N) is 1. The highest BCUT2D eigenvalue weighted by Gasteiger charge is 2.28. The molecule has 1 aromatic rings. The van der Waals surface area contributed by atoms with Crippen LogP contribution in [0.4, 0.5) is 0 Å². The monoisotopic (exact) mass is 247 g/mol. The van der Waals surface area contributed by atoms with Crippen LogP contribution >= 0.6 is 0 Å². The zero-order valence-corrected chi connectivity index (χ0v) is 10.8. The van der Waals surface area contributed by atoms with Gasteiger partial charge in [0.15, 0.2) is 0 Å². The van der Waals surface area contributed by atoms with Gasteiger partial charge in [0.05, 0.1) is 12.0 Å². The van der Waals surface area contributed by atoms with E-state index in [1.807, 2.05) is 19.1 Å². The number of nitrogens with two attached hydrogens (primary N) is 1. The summed E-state index contributed by atoms with van der Waals surface area (Å²) in [5.41, 5.74) is 7.10. The molecule has 0 aromatic carbocycles. The number of carbonyl (C=O) groups excluding carboxylic acids is 1. The van der Waals surface area contributed by atoms with Crippen LogP contribution in [0.25, 0.3) is 0 Å². The molecule has 0 bridgehead atoms. The highest BCUT2D eigenvalue weighted by Crippen LogP contribution is 2.24. The second-order valence-electron chi connectivity index (χ2n) is 5.07. The number of amides is 1. The molecule has 4 nitrogen and oxygen atoms in total. The maximum absolute atomic E-state index is 12.2. The van der Waals surface area contributed by atoms with Crippen molar-refractivity contribution in [3.63, 3.8) is 0 Å². The van der Waals surface area contributed by atoms with Gasteiger partial charge in [0.25, 0.3) is 0 Å². The third-order valence-corrected chi connectivity index (χ3v) is 3.72. The molecule has 2 unspecified atom stereocenters. The molecule has 0 saturated heterocycles. The first-order valence-corrected chi connectivity index (χ1v) is 6.64. The van der Waals surface area contributed by atoms with Crippen molar-refractivity contribution in [1.82, 2.24) is 10.3 Å². The van der Waals surface area contributed by atoms with Crippen LogP contribution < -0.4 is 11.1 Å². The fraction of sp³-hybridized carbons (Fsp3) is 0.571. The lowest BCUT2D eigenvalue weighted by molar-refractivity contribution is -0.127. The standard InChI is InChI=1S/C14H21N3O/c1-10(11-6-8-16-9-7-11)17-14(18)12-4-2-3-5-13(12)15/h6-10,12-13H,2-5,15H2,1H3,(H,17,18)/t10-,12?,13?/m0/s1. The summed E-state index contributed by atoms with van der Waals surface area (Å²) < 4.78 is 0. The van der Waals surface area contributed by atoms with Gasteiger partial charge in [-0.25, -0.2) is 0 Å². The van der Waals surface area contributed by atoms with E-state index in [1.165, 1.54) is 0 Å². The van der Waals surface area contributed by atoms with Crippen LogP contribution in [0.1, 0.15) is 44.2 Å². The summed E-state index contributed by atoms with van der Waals surface area (Å²) in [4.78, 5) is 16.2. The summed E-state index contributed by atoms with van der Waals surface area (Å²) in [6.45, 7) is 1.99. The summed E-state index contributed by atoms with van der Waals surface area (Å²) in [6, 6.07) is 3.87. The smallest absolute Gasteiger partial charge is 0.225 e. The van der Waals surface area contributed by atoms with Gasteiger partial charge in [-0.1, -0.05) is 12.8 Å². The lowest BCUT2D eigenvalue weighted by atomic mass is 9.84. The predicted molar refractivity (Wildman–Crippen MR) is 70.7 cm³/mol. The summed E-state index contributed by atoms with van der Waals surface area (Å²) in [5.74, 6) is 0.0644. The summed E-state index contributed by atoms with van der Waals surface area (Å²) >= 11 is 0. The Morgan fingerprint density at radius 2 is 2.06 bits per heavy atom. The first kappa shape index (κ1) is 13.0. The molecule has 0 aliphatic heterocycles. The van der Waals surface area contributed by atoms with Gasteiger partial charge in [0, 0.05) is 18.4 Å². The minimum absolute atomic E-state index is 0.00891. The quantitative estimate of drug-likeness (QED) is 0.855. The first-order valence-electron chi connectivity index (χ1n) is 6.64. The molecule has 1 saturated carbocycles. The minimum atomic E-state index is -0.0250. The van der Waals surface area contributed by atoms with E-state index in [-0.39, 0.29) is 23.9 Å². The lowest BCUT2D eigenvalue weighted by Crippen LogP contribution is -2.44. The van der Waals surface area contributed by atoms with Gasteiger partial charge in [-0.3, -0.25) is 9.78 Å². The Balaban J connectivity index is 1.94. The van der Waals surface area contributed by atoms with Crippen LogP contribution in [0.2, 0.25) is 0 Å². The van der Waals surface area contributed by atoms with Gasteiger partial charge in [0.2, 0.25) is 5.91 Å². The van der Waals surface area contributed by atoms with Crippen molar-refractivity contribution >= 4 is 5.91 Å². The first-order chi connectivity index (χ1) is 8.68. The molecule has 0 spiro atoms. The van der Waals surface area contributed by atoms with E-state index in [0.29, 0.717) is 0 Å². The van der Waals surface area contributed by atoms with Gasteiger partial charge in [-0.15, -0.1) is 0 Å². The van der Waals surface area contributed by atoms with Crippen molar-refractivity contribution in [2.24, 2.45) is 11.7 Å². The van der Waals surface area contributed by atoms with Crippen LogP contribution in [0.15, 0.2) is 24.5 Å². The molecule has 1 aromatic heterocycles. The van der Waals surface area contributed by atoms with Gasteiger partial charge in [-0.2, -0.15) is 0 Å². The Kier molecular flexibility index (Phi) is 4.31. The van der Waals surface area contributed by atoms with E-state index in [9.17, 15) is 4.79 Å². The zero-order chi connectivity index (χ0) is 13.0. The molecule has 1 aliphatic rings. The van der Waals surface area contributed by atoms with Gasteiger partial charge in [-0.05, 0) is 37.5 Å². The van der Waals surface area contributed by atoms with E-state index in [1.54, 1.807) is 12.4 Å². The van der Waals surface area contributed by atoms with Crippen molar-refractivity contribution in [3.8, 4) is 0 Å². The summed E-state index contributed by atoms with van der Waals surface area (Å²) in [6.07, 6.45) is 7.60. The molecule has 3 N–H and O–H groups in total. The Labute approximate surface area is 108 Å². The molecule has 0 radical (unpaired) electrons. The molecule has 18 heavy (non-hydrogen) atoms. The molecule has 1 amide bonds. The number of hydrogen-bond donors (Lipinski definition) is 2. The van der Waals surface area contributed by atoms with Crippen LogP contribution in [-0.2, 0) is 4.79 Å². The normalized spacial score (nSPS) is 25.4. The average molecular weight is 247 g/mol. The van der Waals surface area contributed by atoms with Crippen molar-refractivity contribution in [2.45, 2.75) is 44.7 Å². The van der Waals surface area contributed by atoms with Crippen molar-refractivity contribution < 1.29 is 4.79 Å². The van der Waals surface area contributed by atoms with E-state index < -0.39 is 0 Å². The maximum atomic E-state index is 12.2. The zero-order valence-electron chi connectivity index (χ0n) is 10.8. The van der Waals surface area contributed by atoms with Crippen molar-refractivity contribution in [3.05, 3.63) is 30.1 Å². The largest absolute Gasteiger partial charge is 0.349 e. The van der Waals surface area contributed by atoms with E-state index in [4.69, 9.17) is 5.73 Å². The molecule has 1 fully saturated rings. The SMILES string of the molecule is C[C@H](NC(=O)C1CCCCC1N)c1ccncc1. The third kappa shape index (κ3) is 3.07. The Morgan fingerprint density at radius 3 is 2.72 bits per heavy atom. The van der Waals surface area contributed by atoms with Crippen LogP contribution in [0, 0.1) is 5.92 Å². The second kappa shape index (κ2) is 5.96. The van der Waals surface area contributed by atoms with Crippen LogP contribution in [0.5, 0.6) is 0 Å². The van der Waals surface area contributed by atoms with Crippen molar-refractivity contribution in [2.75, 3.05) is 0 Å². The number of aromatic nitrogens is 1. The number of nitrogens with zero attached hydrogens (tertiary/aromatic N) is 1. The molecule has 3 atom stereocenters. The fourth-order valence-electron chi connectivity index (χ4n) is 2.54. The fourth-order valence-corrected chi connectivity index (χ4v) is 2.54. The van der Waals surface area contributed by atoms with E-state index in [0.717, 1.165) is 31.2 Å². The van der Waals surface area contributed by atoms with E-state index in [2.05, 4.69) is 10.3 Å². The van der Waals surface area contributed by atoms with E-state index >= 15 is 0 Å². The Hall–Kier alpha value is -1.42. The second-order valence-corrected chi connectivity index (χ2v) is 5.07. The van der Waals surface area contributed by atoms with Gasteiger partial charge in [0.1, 0.15) is 0 Å². The van der Waals surface area contributed by atoms with Crippen LogP contribution in [-0.4, -0.2) is 16.9 Å². The van der Waals surface area contributed by atoms with Crippen molar-refractivity contribution in [1.29, 1.82) is 0 Å². The summed E-state index contributed by atoms with van der Waals surface area (Å²) in [7, 11) is 0. The molecular formula is C14H21N3O. The Morgan fingerprint density at radius 1 is 1.39 bits per heavy atom. The molecule has 2 rings (SSSR count). The molecule has 1 aliphatic carbocycles. The topological polar surface area (TPSA) is 68.0 Å². The van der Waals surface area contributed by atoms with Gasteiger partial charge >= 0.3 is 0 Å². The average Bonchev–Trinajstić information content (AvgIpc) is 2.40. The minimum Gasteiger partial charge on any atom is -0.349 e. The highest BCUT2D eigenvalue weighted by atomic mass is 16.2. The summed E-state index contributed by atoms with van der Waals surface area (Å²) in [5, 5.41) is 3.05. The van der Waals surface area contributed by atoms with Gasteiger partial charge < -0.3 is 11.1 Å². The lowest BCUT2D eigenvalue weighted by Gasteiger charge is -2.28. The molecule has 98 valence electrons. The number of rotatable bonds is 3. The molecule has 4 heteroatoms. The van der Waals surface area contributed by atoms with Crippen LogP contribution in [0.3, 0.4) is 0 Å². The number of carbonyl (C=O) groups is 1. The molecular weight excluding hydrogens is 226 g/mol. The predicted octanol–water partition coefficient (Wildman–Crippen LogP) is 1.78. The highest BCUT2D eigenvalue weighted by molar-refractivity contribution is 5.79. The number of hydrogen-bond acceptors (Lipinski definition) is 3. The third-order valence-electron chi connectivity index (χ3n) is 3.72.